The van der Waals surface area contributed by atoms with Gasteiger partial charge in [-0.05, 0) is 24.5 Å². The molecule has 92 valence electrons. The molecule has 0 unspecified atom stereocenters. The summed E-state index contributed by atoms with van der Waals surface area (Å²) in [6, 6.07) is 8.07. The molecule has 0 spiro atoms. The normalized spacial score (nSPS) is 16.6. The molecule has 3 nitrogen and oxygen atoms in total. The van der Waals surface area contributed by atoms with Gasteiger partial charge in [0.2, 0.25) is 5.91 Å². The minimum absolute atomic E-state index is 0.213. The molecule has 1 amide bonds. The van der Waals surface area contributed by atoms with Gasteiger partial charge in [0.15, 0.2) is 0 Å². The highest BCUT2D eigenvalue weighted by Crippen LogP contribution is 2.10. The van der Waals surface area contributed by atoms with Crippen molar-refractivity contribution in [3.63, 3.8) is 0 Å². The van der Waals surface area contributed by atoms with Crippen molar-refractivity contribution >= 4 is 5.91 Å². The molecule has 1 saturated heterocycles. The van der Waals surface area contributed by atoms with Crippen LogP contribution in [0.15, 0.2) is 24.3 Å². The van der Waals surface area contributed by atoms with E-state index < -0.39 is 0 Å². The molecule has 1 aliphatic heterocycles. The van der Waals surface area contributed by atoms with E-state index in [2.05, 4.69) is 0 Å². The Morgan fingerprint density at radius 1 is 1.29 bits per heavy atom. The van der Waals surface area contributed by atoms with Gasteiger partial charge in [-0.2, -0.15) is 0 Å². The lowest BCUT2D eigenvalue weighted by Crippen LogP contribution is -2.34. The van der Waals surface area contributed by atoms with Crippen LogP contribution in [0.3, 0.4) is 0 Å². The molecule has 3 heteroatoms. The Bertz CT molecular complexity index is 382. The van der Waals surface area contributed by atoms with Crippen LogP contribution in [-0.4, -0.2) is 37.1 Å². The molecular weight excluding hydrogens is 214 g/mol. The number of aryl methyl sites for hydroxylation is 1. The molecule has 1 fully saturated rings. The molecule has 17 heavy (non-hydrogen) atoms. The van der Waals surface area contributed by atoms with Crippen LogP contribution in [0.5, 0.6) is 0 Å². The third kappa shape index (κ3) is 3.30. The SMILES string of the molecule is Cc1ccccc1CC(=O)N1CCCOCC1. The largest absolute Gasteiger partial charge is 0.380 e. The van der Waals surface area contributed by atoms with E-state index in [9.17, 15) is 4.79 Å². The summed E-state index contributed by atoms with van der Waals surface area (Å²) < 4.78 is 5.35. The maximum Gasteiger partial charge on any atom is 0.227 e. The van der Waals surface area contributed by atoms with Crippen molar-refractivity contribution in [1.29, 1.82) is 0 Å². The molecule has 0 radical (unpaired) electrons. The number of ether oxygens (including phenoxy) is 1. The fourth-order valence-electron chi connectivity index (χ4n) is 2.08. The summed E-state index contributed by atoms with van der Waals surface area (Å²) in [7, 11) is 0. The van der Waals surface area contributed by atoms with Crippen molar-refractivity contribution in [1.82, 2.24) is 4.90 Å². The lowest BCUT2D eigenvalue weighted by atomic mass is 10.1. The average Bonchev–Trinajstić information content (AvgIpc) is 2.61. The summed E-state index contributed by atoms with van der Waals surface area (Å²) in [5.74, 6) is 0.213. The van der Waals surface area contributed by atoms with Gasteiger partial charge in [-0.25, -0.2) is 0 Å². The van der Waals surface area contributed by atoms with Crippen molar-refractivity contribution in [3.8, 4) is 0 Å². The molecule has 2 rings (SSSR count). The van der Waals surface area contributed by atoms with Crippen LogP contribution in [0.4, 0.5) is 0 Å². The second kappa shape index (κ2) is 5.82. The maximum absolute atomic E-state index is 12.1. The van der Waals surface area contributed by atoms with Crippen LogP contribution in [0, 0.1) is 6.92 Å². The van der Waals surface area contributed by atoms with E-state index >= 15 is 0 Å². The highest BCUT2D eigenvalue weighted by molar-refractivity contribution is 5.79. The van der Waals surface area contributed by atoms with E-state index in [0.29, 0.717) is 13.0 Å². The van der Waals surface area contributed by atoms with Crippen molar-refractivity contribution in [3.05, 3.63) is 35.4 Å². The second-order valence-electron chi connectivity index (χ2n) is 4.45. The second-order valence-corrected chi connectivity index (χ2v) is 4.45. The molecule has 1 heterocycles. The van der Waals surface area contributed by atoms with Gasteiger partial charge in [0.25, 0.3) is 0 Å². The van der Waals surface area contributed by atoms with Crippen LogP contribution in [0.25, 0.3) is 0 Å². The van der Waals surface area contributed by atoms with Gasteiger partial charge >= 0.3 is 0 Å². The molecule has 0 bridgehead atoms. The molecule has 1 aliphatic rings. The number of rotatable bonds is 2. The lowest BCUT2D eigenvalue weighted by molar-refractivity contribution is -0.130. The third-order valence-electron chi connectivity index (χ3n) is 3.18. The Labute approximate surface area is 102 Å². The zero-order chi connectivity index (χ0) is 12.1. The Hall–Kier alpha value is -1.35. The molecule has 0 atom stereocenters. The van der Waals surface area contributed by atoms with Crippen molar-refractivity contribution in [2.24, 2.45) is 0 Å². The molecule has 0 saturated carbocycles. The molecule has 0 N–H and O–H groups in total. The monoisotopic (exact) mass is 233 g/mol. The van der Waals surface area contributed by atoms with Gasteiger partial charge in [-0.15, -0.1) is 0 Å². The van der Waals surface area contributed by atoms with Crippen LogP contribution >= 0.6 is 0 Å². The summed E-state index contributed by atoms with van der Waals surface area (Å²) in [5.41, 5.74) is 2.31. The minimum atomic E-state index is 0.213. The molecule has 1 aromatic carbocycles. The van der Waals surface area contributed by atoms with Gasteiger partial charge in [-0.3, -0.25) is 4.79 Å². The predicted molar refractivity (Wildman–Crippen MR) is 66.9 cm³/mol. The first-order valence-corrected chi connectivity index (χ1v) is 6.17. The first-order valence-electron chi connectivity index (χ1n) is 6.17. The third-order valence-corrected chi connectivity index (χ3v) is 3.18. The van der Waals surface area contributed by atoms with Crippen molar-refractivity contribution in [2.75, 3.05) is 26.3 Å². The number of carbonyl (C=O) groups is 1. The molecule has 0 aromatic heterocycles. The quantitative estimate of drug-likeness (QED) is 0.779. The number of hydrogen-bond donors (Lipinski definition) is 0. The zero-order valence-corrected chi connectivity index (χ0v) is 10.3. The highest BCUT2D eigenvalue weighted by atomic mass is 16.5. The van der Waals surface area contributed by atoms with Crippen LogP contribution in [0.2, 0.25) is 0 Å². The van der Waals surface area contributed by atoms with Crippen molar-refractivity contribution < 1.29 is 9.53 Å². The fraction of sp³-hybridized carbons (Fsp3) is 0.500. The van der Waals surface area contributed by atoms with Gasteiger partial charge in [0.05, 0.1) is 13.0 Å². The summed E-state index contributed by atoms with van der Waals surface area (Å²) in [6.45, 7) is 5.04. The van der Waals surface area contributed by atoms with Crippen LogP contribution in [0.1, 0.15) is 17.5 Å². The summed E-state index contributed by atoms with van der Waals surface area (Å²) >= 11 is 0. The highest BCUT2D eigenvalue weighted by Gasteiger charge is 2.16. The van der Waals surface area contributed by atoms with E-state index in [4.69, 9.17) is 4.74 Å². The minimum Gasteiger partial charge on any atom is -0.380 e. The van der Waals surface area contributed by atoms with Gasteiger partial charge < -0.3 is 9.64 Å². The fourth-order valence-corrected chi connectivity index (χ4v) is 2.08. The van der Waals surface area contributed by atoms with Crippen molar-refractivity contribution in [2.45, 2.75) is 19.8 Å². The van der Waals surface area contributed by atoms with Crippen LogP contribution in [-0.2, 0) is 16.0 Å². The summed E-state index contributed by atoms with van der Waals surface area (Å²) in [5, 5.41) is 0. The summed E-state index contributed by atoms with van der Waals surface area (Å²) in [4.78, 5) is 14.1. The molecule has 0 aliphatic carbocycles. The number of benzene rings is 1. The number of carbonyl (C=O) groups excluding carboxylic acids is 1. The molecule has 1 aromatic rings. The zero-order valence-electron chi connectivity index (χ0n) is 10.3. The van der Waals surface area contributed by atoms with Crippen LogP contribution < -0.4 is 0 Å². The van der Waals surface area contributed by atoms with Gasteiger partial charge in [0.1, 0.15) is 0 Å². The Kier molecular flexibility index (Phi) is 4.15. The standard InChI is InChI=1S/C14H19NO2/c1-12-5-2-3-6-13(12)11-14(16)15-7-4-9-17-10-8-15/h2-3,5-6H,4,7-11H2,1H3. The van der Waals surface area contributed by atoms with E-state index in [0.717, 1.165) is 31.7 Å². The Morgan fingerprint density at radius 2 is 2.12 bits per heavy atom. The van der Waals surface area contributed by atoms with E-state index in [1.807, 2.05) is 36.1 Å². The number of amides is 1. The maximum atomic E-state index is 12.1. The topological polar surface area (TPSA) is 29.5 Å². The van der Waals surface area contributed by atoms with E-state index in [1.54, 1.807) is 0 Å². The smallest absolute Gasteiger partial charge is 0.227 e. The lowest BCUT2D eigenvalue weighted by Gasteiger charge is -2.20. The van der Waals surface area contributed by atoms with Gasteiger partial charge in [0, 0.05) is 19.7 Å². The summed E-state index contributed by atoms with van der Waals surface area (Å²) in [6.07, 6.45) is 1.45. The van der Waals surface area contributed by atoms with E-state index in [1.165, 1.54) is 5.56 Å². The predicted octanol–water partition coefficient (Wildman–Crippen LogP) is 1.79. The first kappa shape index (κ1) is 12.1. The average molecular weight is 233 g/mol. The molecular formula is C14H19NO2. The number of hydrogen-bond acceptors (Lipinski definition) is 2. The first-order chi connectivity index (χ1) is 8.27. The Balaban J connectivity index is 1.98. The number of nitrogens with zero attached hydrogens (tertiary/aromatic N) is 1. The van der Waals surface area contributed by atoms with E-state index in [-0.39, 0.29) is 5.91 Å². The Morgan fingerprint density at radius 3 is 2.94 bits per heavy atom. The van der Waals surface area contributed by atoms with Gasteiger partial charge in [-0.1, -0.05) is 24.3 Å².